The SMILES string of the molecule is CCOC(=O)[C@]12CCCC=C1N(CCC1=CCCCC1)C(=O)[C@H](CC(=O)N1CCCCC1)C2. The lowest BCUT2D eigenvalue weighted by Gasteiger charge is -2.48. The molecule has 2 aliphatic carbocycles. The van der Waals surface area contributed by atoms with Gasteiger partial charge in [-0.3, -0.25) is 14.4 Å². The Balaban J connectivity index is 1.59. The van der Waals surface area contributed by atoms with Crippen LogP contribution in [0.15, 0.2) is 23.4 Å². The lowest BCUT2D eigenvalue weighted by atomic mass is 9.66. The minimum Gasteiger partial charge on any atom is -0.465 e. The van der Waals surface area contributed by atoms with Gasteiger partial charge in [-0.1, -0.05) is 17.7 Å². The van der Waals surface area contributed by atoms with E-state index in [0.29, 0.717) is 26.0 Å². The third-order valence-corrected chi connectivity index (χ3v) is 7.97. The van der Waals surface area contributed by atoms with E-state index >= 15 is 0 Å². The summed E-state index contributed by atoms with van der Waals surface area (Å²) in [5.41, 5.74) is 1.46. The number of esters is 1. The van der Waals surface area contributed by atoms with Gasteiger partial charge in [0.1, 0.15) is 5.41 Å². The van der Waals surface area contributed by atoms with Crippen LogP contribution in [0.4, 0.5) is 0 Å². The van der Waals surface area contributed by atoms with Crippen molar-refractivity contribution in [3.63, 3.8) is 0 Å². The average Bonchev–Trinajstić information content (AvgIpc) is 2.85. The molecule has 0 N–H and O–H groups in total. The molecule has 33 heavy (non-hydrogen) atoms. The summed E-state index contributed by atoms with van der Waals surface area (Å²) in [4.78, 5) is 44.0. The van der Waals surface area contributed by atoms with Crippen molar-refractivity contribution in [1.29, 1.82) is 0 Å². The lowest BCUT2D eigenvalue weighted by molar-refractivity contribution is -0.162. The summed E-state index contributed by atoms with van der Waals surface area (Å²) >= 11 is 0. The molecule has 2 saturated heterocycles. The van der Waals surface area contributed by atoms with Gasteiger partial charge >= 0.3 is 5.97 Å². The number of hydrogen-bond donors (Lipinski definition) is 0. The predicted molar refractivity (Wildman–Crippen MR) is 127 cm³/mol. The van der Waals surface area contributed by atoms with Crippen LogP contribution in [0.5, 0.6) is 0 Å². The zero-order chi connectivity index (χ0) is 23.3. The first-order chi connectivity index (χ1) is 16.0. The van der Waals surface area contributed by atoms with Crippen LogP contribution in [0.25, 0.3) is 0 Å². The monoisotopic (exact) mass is 456 g/mol. The molecule has 0 aromatic heterocycles. The molecule has 6 heteroatoms. The molecule has 6 nitrogen and oxygen atoms in total. The van der Waals surface area contributed by atoms with Crippen molar-refractivity contribution in [3.8, 4) is 0 Å². The molecular formula is C27H40N2O4. The van der Waals surface area contributed by atoms with E-state index in [1.807, 2.05) is 16.7 Å². The highest BCUT2D eigenvalue weighted by atomic mass is 16.5. The Morgan fingerprint density at radius 3 is 2.58 bits per heavy atom. The molecule has 182 valence electrons. The number of likely N-dealkylation sites (tertiary alicyclic amines) is 2. The van der Waals surface area contributed by atoms with Crippen LogP contribution in [0.2, 0.25) is 0 Å². The van der Waals surface area contributed by atoms with E-state index in [2.05, 4.69) is 12.2 Å². The highest BCUT2D eigenvalue weighted by molar-refractivity contribution is 5.92. The Morgan fingerprint density at radius 2 is 1.85 bits per heavy atom. The number of carbonyl (C=O) groups is 3. The third kappa shape index (κ3) is 5.20. The molecule has 0 unspecified atom stereocenters. The topological polar surface area (TPSA) is 66.9 Å². The van der Waals surface area contributed by atoms with Crippen molar-refractivity contribution in [2.45, 2.75) is 90.4 Å². The largest absolute Gasteiger partial charge is 0.465 e. The minimum atomic E-state index is -0.796. The van der Waals surface area contributed by atoms with Gasteiger partial charge in [-0.2, -0.15) is 0 Å². The molecule has 2 aliphatic heterocycles. The van der Waals surface area contributed by atoms with Crippen LogP contribution in [0.1, 0.15) is 90.4 Å². The average molecular weight is 457 g/mol. The zero-order valence-corrected chi connectivity index (χ0v) is 20.3. The number of allylic oxidation sites excluding steroid dienone is 2. The van der Waals surface area contributed by atoms with E-state index < -0.39 is 11.3 Å². The van der Waals surface area contributed by atoms with Crippen molar-refractivity contribution >= 4 is 17.8 Å². The summed E-state index contributed by atoms with van der Waals surface area (Å²) in [6.45, 7) is 4.31. The van der Waals surface area contributed by atoms with Crippen molar-refractivity contribution in [2.75, 3.05) is 26.2 Å². The van der Waals surface area contributed by atoms with Crippen LogP contribution in [0, 0.1) is 11.3 Å². The van der Waals surface area contributed by atoms with E-state index in [1.165, 1.54) is 18.4 Å². The standard InChI is InChI=1S/C27H40N2O4/c1-2-33-26(32)27-15-8-7-13-23(27)29(18-14-21-11-5-3-6-12-21)25(31)22(20-27)19-24(30)28-16-9-4-10-17-28/h11,13,22H,2-10,12,14-20H2,1H3/t22-,27+/m1/s1. The Hall–Kier alpha value is -2.11. The molecule has 2 heterocycles. The van der Waals surface area contributed by atoms with Gasteiger partial charge in [0.15, 0.2) is 0 Å². The van der Waals surface area contributed by atoms with Gasteiger partial charge in [-0.15, -0.1) is 0 Å². The Labute approximate surface area is 198 Å². The number of piperidine rings is 2. The number of carbonyl (C=O) groups excluding carboxylic acids is 3. The molecule has 4 aliphatic rings. The normalized spacial score (nSPS) is 28.0. The highest BCUT2D eigenvalue weighted by Crippen LogP contribution is 2.50. The number of rotatable bonds is 7. The number of nitrogens with zero attached hydrogens (tertiary/aromatic N) is 2. The predicted octanol–water partition coefficient (Wildman–Crippen LogP) is 4.75. The molecular weight excluding hydrogens is 416 g/mol. The van der Waals surface area contributed by atoms with E-state index in [4.69, 9.17) is 4.74 Å². The summed E-state index contributed by atoms with van der Waals surface area (Å²) in [5.74, 6) is -0.602. The van der Waals surface area contributed by atoms with Crippen molar-refractivity contribution in [1.82, 2.24) is 9.80 Å². The molecule has 2 fully saturated rings. The Morgan fingerprint density at radius 1 is 1.06 bits per heavy atom. The van der Waals surface area contributed by atoms with E-state index in [9.17, 15) is 14.4 Å². The maximum Gasteiger partial charge on any atom is 0.318 e. The highest BCUT2D eigenvalue weighted by Gasteiger charge is 2.54. The molecule has 0 saturated carbocycles. The Kier molecular flexibility index (Phi) is 7.92. The van der Waals surface area contributed by atoms with Gasteiger partial charge in [0.05, 0.1) is 6.61 Å². The quantitative estimate of drug-likeness (QED) is 0.410. The maximum atomic E-state index is 13.7. The third-order valence-electron chi connectivity index (χ3n) is 7.97. The zero-order valence-electron chi connectivity index (χ0n) is 20.3. The molecule has 4 rings (SSSR count). The first kappa shape index (κ1) is 24.0. The summed E-state index contributed by atoms with van der Waals surface area (Å²) in [5, 5.41) is 0. The van der Waals surface area contributed by atoms with Gasteiger partial charge in [0.2, 0.25) is 11.8 Å². The summed E-state index contributed by atoms with van der Waals surface area (Å²) in [7, 11) is 0. The fourth-order valence-corrected chi connectivity index (χ4v) is 6.21. The molecule has 2 atom stereocenters. The molecule has 0 radical (unpaired) electrons. The van der Waals surface area contributed by atoms with Gasteiger partial charge in [0.25, 0.3) is 0 Å². The molecule has 2 amide bonds. The van der Waals surface area contributed by atoms with Crippen LogP contribution < -0.4 is 0 Å². The number of amides is 2. The smallest absolute Gasteiger partial charge is 0.318 e. The first-order valence-electron chi connectivity index (χ1n) is 13.2. The van der Waals surface area contributed by atoms with Crippen molar-refractivity contribution in [2.24, 2.45) is 11.3 Å². The number of ether oxygens (including phenoxy) is 1. The van der Waals surface area contributed by atoms with Gasteiger partial charge in [0, 0.05) is 37.7 Å². The summed E-state index contributed by atoms with van der Waals surface area (Å²) in [6.07, 6.45) is 16.2. The summed E-state index contributed by atoms with van der Waals surface area (Å²) < 4.78 is 5.56. The van der Waals surface area contributed by atoms with Crippen LogP contribution in [-0.2, 0) is 19.1 Å². The molecule has 0 aromatic carbocycles. The molecule has 0 bridgehead atoms. The maximum absolute atomic E-state index is 13.7. The van der Waals surface area contributed by atoms with Gasteiger partial charge < -0.3 is 14.5 Å². The fourth-order valence-electron chi connectivity index (χ4n) is 6.21. The summed E-state index contributed by atoms with van der Waals surface area (Å²) in [6, 6.07) is 0. The Bertz CT molecular complexity index is 811. The number of fused-ring (bicyclic) bond motifs is 1. The molecule has 0 spiro atoms. The molecule has 0 aromatic rings. The van der Waals surface area contributed by atoms with E-state index in [0.717, 1.165) is 70.2 Å². The second kappa shape index (κ2) is 10.9. The van der Waals surface area contributed by atoms with Gasteiger partial charge in [-0.25, -0.2) is 0 Å². The fraction of sp³-hybridized carbons (Fsp3) is 0.741. The second-order valence-corrected chi connectivity index (χ2v) is 10.2. The van der Waals surface area contributed by atoms with E-state index in [-0.39, 0.29) is 24.2 Å². The minimum absolute atomic E-state index is 0.0184. The van der Waals surface area contributed by atoms with Gasteiger partial charge in [-0.05, 0) is 84.0 Å². The van der Waals surface area contributed by atoms with Crippen LogP contribution in [-0.4, -0.2) is 53.8 Å². The first-order valence-corrected chi connectivity index (χ1v) is 13.2. The number of hydrogen-bond acceptors (Lipinski definition) is 4. The lowest BCUT2D eigenvalue weighted by Crippen LogP contribution is -2.54. The second-order valence-electron chi connectivity index (χ2n) is 10.2. The van der Waals surface area contributed by atoms with Crippen molar-refractivity contribution in [3.05, 3.63) is 23.4 Å². The van der Waals surface area contributed by atoms with Crippen molar-refractivity contribution < 1.29 is 19.1 Å². The van der Waals surface area contributed by atoms with E-state index in [1.54, 1.807) is 0 Å². The van der Waals surface area contributed by atoms with Crippen LogP contribution >= 0.6 is 0 Å². The van der Waals surface area contributed by atoms with Crippen LogP contribution in [0.3, 0.4) is 0 Å².